The Morgan fingerprint density at radius 3 is 0.793 bits per heavy atom. The van der Waals surface area contributed by atoms with Gasteiger partial charge in [-0.3, -0.25) is 14.4 Å². The number of hydrogen-bond donors (Lipinski definition) is 0. The van der Waals surface area contributed by atoms with Crippen molar-refractivity contribution < 1.29 is 28.6 Å². The molecule has 0 fully saturated rings. The highest BCUT2D eigenvalue weighted by atomic mass is 16.6. The van der Waals surface area contributed by atoms with Crippen LogP contribution in [-0.2, 0) is 28.6 Å². The molecule has 0 saturated heterocycles. The van der Waals surface area contributed by atoms with Crippen molar-refractivity contribution >= 4 is 17.9 Å². The van der Waals surface area contributed by atoms with Gasteiger partial charge in [0, 0.05) is 19.3 Å². The largest absolute Gasteiger partial charge is 0.462 e. The molecule has 1 atom stereocenters. The summed E-state index contributed by atoms with van der Waals surface area (Å²) in [6.07, 6.45) is 97.5. The lowest BCUT2D eigenvalue weighted by molar-refractivity contribution is -0.167. The summed E-state index contributed by atoms with van der Waals surface area (Å²) >= 11 is 0. The van der Waals surface area contributed by atoms with E-state index in [1.807, 2.05) is 0 Å². The van der Waals surface area contributed by atoms with Crippen molar-refractivity contribution in [1.29, 1.82) is 0 Å². The van der Waals surface area contributed by atoms with Gasteiger partial charge in [0.15, 0.2) is 6.10 Å². The maximum absolute atomic E-state index is 12.9. The van der Waals surface area contributed by atoms with Crippen LogP contribution in [0.5, 0.6) is 0 Å². The van der Waals surface area contributed by atoms with Gasteiger partial charge < -0.3 is 14.2 Å². The molecule has 6 nitrogen and oxygen atoms in total. The molecule has 0 spiro atoms. The third kappa shape index (κ3) is 66.4. The fourth-order valence-corrected chi connectivity index (χ4v) is 9.28. The molecule has 0 aliphatic carbocycles. The summed E-state index contributed by atoms with van der Waals surface area (Å²) in [7, 11) is 0. The van der Waals surface area contributed by atoms with Crippen LogP contribution in [0.3, 0.4) is 0 Å². The first kappa shape index (κ1) is 77.5. The van der Waals surface area contributed by atoms with E-state index in [2.05, 4.69) is 154 Å². The van der Waals surface area contributed by atoms with Crippen LogP contribution < -0.4 is 0 Å². The summed E-state index contributed by atoms with van der Waals surface area (Å²) in [5.41, 5.74) is 0. The molecule has 0 aromatic heterocycles. The summed E-state index contributed by atoms with van der Waals surface area (Å²) in [6.45, 7) is 6.47. The average molecular weight is 1140 g/mol. The first-order valence-electron chi connectivity index (χ1n) is 34.2. The van der Waals surface area contributed by atoms with E-state index in [0.29, 0.717) is 19.3 Å². The molecule has 82 heavy (non-hydrogen) atoms. The van der Waals surface area contributed by atoms with Crippen molar-refractivity contribution in [2.24, 2.45) is 0 Å². The zero-order valence-corrected chi connectivity index (χ0v) is 53.5. The minimum absolute atomic E-state index is 0.0968. The fraction of sp³-hybridized carbons (Fsp3) is 0.671. The Bertz CT molecular complexity index is 1730. The molecule has 0 radical (unpaired) electrons. The van der Waals surface area contributed by atoms with Gasteiger partial charge in [-0.05, 0) is 116 Å². The highest BCUT2D eigenvalue weighted by Crippen LogP contribution is 2.16. The van der Waals surface area contributed by atoms with Crippen molar-refractivity contribution in [3.63, 3.8) is 0 Å². The second-order valence-corrected chi connectivity index (χ2v) is 22.4. The van der Waals surface area contributed by atoms with E-state index in [0.717, 1.165) is 148 Å². The van der Waals surface area contributed by atoms with Gasteiger partial charge in [-0.2, -0.15) is 0 Å². The maximum Gasteiger partial charge on any atom is 0.306 e. The van der Waals surface area contributed by atoms with Crippen LogP contribution in [0.25, 0.3) is 0 Å². The monoisotopic (exact) mass is 1130 g/mol. The smallest absolute Gasteiger partial charge is 0.306 e. The predicted molar refractivity (Wildman–Crippen MR) is 357 cm³/mol. The van der Waals surface area contributed by atoms with Gasteiger partial charge in [0.05, 0.1) is 0 Å². The molecule has 466 valence electrons. The van der Waals surface area contributed by atoms with Gasteiger partial charge in [-0.15, -0.1) is 0 Å². The zero-order chi connectivity index (χ0) is 59.2. The number of rotatable bonds is 61. The Morgan fingerprint density at radius 2 is 0.488 bits per heavy atom. The molecule has 1 unspecified atom stereocenters. The van der Waals surface area contributed by atoms with Gasteiger partial charge in [-0.1, -0.05) is 309 Å². The number of carbonyl (C=O) groups excluding carboxylic acids is 3. The van der Waals surface area contributed by atoms with E-state index in [1.54, 1.807) is 0 Å². The first-order valence-corrected chi connectivity index (χ1v) is 34.2. The predicted octanol–water partition coefficient (Wildman–Crippen LogP) is 23.7. The Hall–Kier alpha value is -4.45. The molecule has 6 heteroatoms. The van der Waals surface area contributed by atoms with Crippen LogP contribution in [-0.4, -0.2) is 37.2 Å². The van der Waals surface area contributed by atoms with Gasteiger partial charge in [0.1, 0.15) is 13.2 Å². The standard InChI is InChI=1S/C76H126O6/c1-4-7-10-13-16-19-22-25-28-30-32-33-34-35-36-37-38-39-40-41-42-43-45-46-48-51-54-57-60-63-66-69-75(78)81-72-73(71-80-74(77)68-65-62-59-56-53-50-27-24-21-18-15-12-9-6-3)82-76(79)70-67-64-61-58-55-52-49-47-44-31-29-26-23-20-17-14-11-8-5-2/h7,10,15-16,18-19,24-25,27-28,32-33,35-36,38-39,41-42,45-46,51,54,73H,4-6,8-9,11-14,17,20-23,26,29-31,34,37,40,43-44,47-50,52-53,55-72H2,1-3H3/b10-7-,18-15-,19-16-,27-24-,28-25-,33-32-,36-35-,39-38-,42-41-,46-45-,54-51-. The number of esters is 3. The second kappa shape index (κ2) is 69.0. The topological polar surface area (TPSA) is 78.9 Å². The molecule has 0 saturated carbocycles. The highest BCUT2D eigenvalue weighted by Gasteiger charge is 2.19. The number of allylic oxidation sites excluding steroid dienone is 22. The minimum Gasteiger partial charge on any atom is -0.462 e. The molecule has 0 aliphatic heterocycles. The lowest BCUT2D eigenvalue weighted by Gasteiger charge is -2.18. The van der Waals surface area contributed by atoms with Crippen LogP contribution in [0.2, 0.25) is 0 Å². The summed E-state index contributed by atoms with van der Waals surface area (Å²) in [5.74, 6) is -0.935. The SMILES string of the molecule is CC/C=C\C/C=C\C/C=C\C/C=C\C/C=C\C/C=C\C/C=C\C/C=C\C/C=C\CCCCCC(=O)OCC(COC(=O)CCCCCCC/C=C\C/C=C\CCCC)OC(=O)CCCCCCCCCCCCCCCCCCCCC. The summed E-state index contributed by atoms with van der Waals surface area (Å²) in [5, 5.41) is 0. The van der Waals surface area contributed by atoms with E-state index in [4.69, 9.17) is 14.2 Å². The lowest BCUT2D eigenvalue weighted by atomic mass is 10.0. The van der Waals surface area contributed by atoms with E-state index >= 15 is 0 Å². The number of carbonyl (C=O) groups is 3. The lowest BCUT2D eigenvalue weighted by Crippen LogP contribution is -2.30. The van der Waals surface area contributed by atoms with E-state index < -0.39 is 6.10 Å². The quantitative estimate of drug-likeness (QED) is 0.0261. The normalized spacial score (nSPS) is 13.0. The summed E-state index contributed by atoms with van der Waals surface area (Å²) in [6, 6.07) is 0. The van der Waals surface area contributed by atoms with Crippen LogP contribution in [0.1, 0.15) is 310 Å². The van der Waals surface area contributed by atoms with Gasteiger partial charge in [0.25, 0.3) is 0 Å². The third-order valence-corrected chi connectivity index (χ3v) is 14.4. The molecule has 0 amide bonds. The molecule has 0 aromatic carbocycles. The molecule has 0 heterocycles. The molecular formula is C76H126O6. The van der Waals surface area contributed by atoms with Crippen LogP contribution in [0.15, 0.2) is 134 Å². The molecule has 0 aliphatic rings. The maximum atomic E-state index is 12.9. The molecule has 0 bridgehead atoms. The Kier molecular flexibility index (Phi) is 65.3. The van der Waals surface area contributed by atoms with Gasteiger partial charge in [0.2, 0.25) is 0 Å². The van der Waals surface area contributed by atoms with Crippen LogP contribution in [0, 0.1) is 0 Å². The number of hydrogen-bond acceptors (Lipinski definition) is 6. The highest BCUT2D eigenvalue weighted by molar-refractivity contribution is 5.71. The summed E-state index contributed by atoms with van der Waals surface area (Å²) < 4.78 is 16.9. The number of unbranched alkanes of at least 4 members (excludes halogenated alkanes) is 28. The van der Waals surface area contributed by atoms with E-state index in [9.17, 15) is 14.4 Å². The molecule has 0 N–H and O–H groups in total. The van der Waals surface area contributed by atoms with Gasteiger partial charge in [-0.25, -0.2) is 0 Å². The number of ether oxygens (including phenoxy) is 3. The third-order valence-electron chi connectivity index (χ3n) is 14.4. The van der Waals surface area contributed by atoms with Gasteiger partial charge >= 0.3 is 17.9 Å². The Balaban J connectivity index is 4.40. The molecular weight excluding hydrogens is 1010 g/mol. The first-order chi connectivity index (χ1) is 40.5. The minimum atomic E-state index is -0.802. The Labute approximate surface area is 506 Å². The summed E-state index contributed by atoms with van der Waals surface area (Å²) in [4.78, 5) is 38.4. The zero-order valence-electron chi connectivity index (χ0n) is 53.5. The van der Waals surface area contributed by atoms with E-state index in [1.165, 1.54) is 122 Å². The van der Waals surface area contributed by atoms with E-state index in [-0.39, 0.29) is 31.1 Å². The van der Waals surface area contributed by atoms with Crippen LogP contribution in [0.4, 0.5) is 0 Å². The Morgan fingerprint density at radius 1 is 0.256 bits per heavy atom. The van der Waals surface area contributed by atoms with Crippen molar-refractivity contribution in [2.45, 2.75) is 316 Å². The molecule has 0 rings (SSSR count). The van der Waals surface area contributed by atoms with Crippen LogP contribution >= 0.6 is 0 Å². The molecule has 0 aromatic rings. The fourth-order valence-electron chi connectivity index (χ4n) is 9.28. The van der Waals surface area contributed by atoms with Crippen molar-refractivity contribution in [3.8, 4) is 0 Å². The van der Waals surface area contributed by atoms with Crippen molar-refractivity contribution in [2.75, 3.05) is 13.2 Å². The van der Waals surface area contributed by atoms with Crippen molar-refractivity contribution in [3.05, 3.63) is 134 Å². The second-order valence-electron chi connectivity index (χ2n) is 22.4. The average Bonchev–Trinajstić information content (AvgIpc) is 3.47. The van der Waals surface area contributed by atoms with Crippen molar-refractivity contribution in [1.82, 2.24) is 0 Å².